The van der Waals surface area contributed by atoms with Gasteiger partial charge in [0.05, 0.1) is 12.2 Å². The van der Waals surface area contributed by atoms with Crippen molar-refractivity contribution in [1.29, 1.82) is 0 Å². The first-order valence-electron chi connectivity index (χ1n) is 13.7. The fraction of sp³-hybridized carbons (Fsp3) is 0.323. The van der Waals surface area contributed by atoms with Gasteiger partial charge in [-0.15, -0.1) is 0 Å². The summed E-state index contributed by atoms with van der Waals surface area (Å²) in [5.41, 5.74) is 7.49. The highest BCUT2D eigenvalue weighted by Gasteiger charge is 2.29. The van der Waals surface area contributed by atoms with E-state index >= 15 is 0 Å². The summed E-state index contributed by atoms with van der Waals surface area (Å²) in [4.78, 5) is 29.0. The molecule has 0 radical (unpaired) electrons. The van der Waals surface area contributed by atoms with Gasteiger partial charge in [-0.05, 0) is 86.3 Å². The van der Waals surface area contributed by atoms with Crippen LogP contribution in [0, 0.1) is 0 Å². The van der Waals surface area contributed by atoms with Crippen LogP contribution in [-0.2, 0) is 22.4 Å². The van der Waals surface area contributed by atoms with Gasteiger partial charge in [-0.3, -0.25) is 0 Å². The van der Waals surface area contributed by atoms with Crippen molar-refractivity contribution in [3.63, 3.8) is 0 Å². The Morgan fingerprint density at radius 1 is 1.03 bits per heavy atom. The minimum absolute atomic E-state index is 0.294. The molecular formula is C31H34N6O2. The van der Waals surface area contributed by atoms with Crippen LogP contribution in [0.1, 0.15) is 30.0 Å². The lowest BCUT2D eigenvalue weighted by Gasteiger charge is -2.34. The number of piperazine rings is 1. The zero-order valence-electron chi connectivity index (χ0n) is 22.6. The summed E-state index contributed by atoms with van der Waals surface area (Å²) < 4.78 is 5.33. The van der Waals surface area contributed by atoms with E-state index < -0.39 is 5.97 Å². The minimum atomic E-state index is -0.401. The SMILES string of the molecule is C=C1C(C(=O)OCC)=CN(c2ccc3c(c2)CCC3)c2nc(Nc3ccc(N4CCN(C)CC4)cc3)ncc21. The predicted octanol–water partition coefficient (Wildman–Crippen LogP) is 5.07. The highest BCUT2D eigenvalue weighted by atomic mass is 16.5. The zero-order chi connectivity index (χ0) is 26.9. The number of carbonyl (C=O) groups excluding carboxylic acids is 1. The molecule has 3 aromatic rings. The molecule has 0 saturated carbocycles. The van der Waals surface area contributed by atoms with E-state index in [2.05, 4.69) is 76.2 Å². The molecule has 0 atom stereocenters. The third kappa shape index (κ3) is 5.00. The maximum absolute atomic E-state index is 12.8. The van der Waals surface area contributed by atoms with Crippen LogP contribution >= 0.6 is 0 Å². The van der Waals surface area contributed by atoms with Gasteiger partial charge in [0.15, 0.2) is 5.82 Å². The smallest absolute Gasteiger partial charge is 0.340 e. The number of anilines is 5. The van der Waals surface area contributed by atoms with E-state index in [4.69, 9.17) is 9.72 Å². The highest BCUT2D eigenvalue weighted by Crippen LogP contribution is 2.41. The van der Waals surface area contributed by atoms with Gasteiger partial charge in [0.2, 0.25) is 5.95 Å². The molecule has 1 fully saturated rings. The van der Waals surface area contributed by atoms with E-state index in [0.29, 0.717) is 35.1 Å². The van der Waals surface area contributed by atoms with E-state index in [1.54, 1.807) is 19.3 Å². The number of carbonyl (C=O) groups is 1. The summed E-state index contributed by atoms with van der Waals surface area (Å²) in [6.45, 7) is 10.5. The molecule has 1 aromatic heterocycles. The van der Waals surface area contributed by atoms with Gasteiger partial charge >= 0.3 is 5.97 Å². The van der Waals surface area contributed by atoms with Gasteiger partial charge in [0.1, 0.15) is 0 Å². The summed E-state index contributed by atoms with van der Waals surface area (Å²) >= 11 is 0. The van der Waals surface area contributed by atoms with Crippen molar-refractivity contribution in [2.75, 3.05) is 55.0 Å². The van der Waals surface area contributed by atoms with Crippen molar-refractivity contribution in [2.24, 2.45) is 0 Å². The first-order chi connectivity index (χ1) is 19.0. The number of fused-ring (bicyclic) bond motifs is 2. The van der Waals surface area contributed by atoms with Crippen molar-refractivity contribution in [2.45, 2.75) is 26.2 Å². The summed E-state index contributed by atoms with van der Waals surface area (Å²) in [6, 6.07) is 14.9. The van der Waals surface area contributed by atoms with Crippen LogP contribution in [0.3, 0.4) is 0 Å². The van der Waals surface area contributed by atoms with Crippen molar-refractivity contribution in [1.82, 2.24) is 14.9 Å². The van der Waals surface area contributed by atoms with Crippen LogP contribution in [0.4, 0.5) is 28.8 Å². The van der Waals surface area contributed by atoms with Crippen LogP contribution in [0.2, 0.25) is 0 Å². The van der Waals surface area contributed by atoms with Crippen molar-refractivity contribution < 1.29 is 9.53 Å². The van der Waals surface area contributed by atoms with Gasteiger partial charge in [0.25, 0.3) is 0 Å². The Hall–Kier alpha value is -4.17. The maximum atomic E-state index is 12.8. The number of hydrogen-bond acceptors (Lipinski definition) is 8. The van der Waals surface area contributed by atoms with E-state index in [0.717, 1.165) is 50.4 Å². The fourth-order valence-corrected chi connectivity index (χ4v) is 5.48. The van der Waals surface area contributed by atoms with Crippen LogP contribution in [0.15, 0.2) is 67.0 Å². The number of rotatable bonds is 6. The number of esters is 1. The molecule has 0 spiro atoms. The lowest BCUT2D eigenvalue weighted by molar-refractivity contribution is -0.138. The molecular weight excluding hydrogens is 488 g/mol. The van der Waals surface area contributed by atoms with Crippen molar-refractivity contribution >= 4 is 40.4 Å². The first kappa shape index (κ1) is 25.1. The molecule has 8 nitrogen and oxygen atoms in total. The van der Waals surface area contributed by atoms with E-state index in [1.807, 2.05) is 4.90 Å². The number of aromatic nitrogens is 2. The Morgan fingerprint density at radius 2 is 1.77 bits per heavy atom. The molecule has 3 aliphatic rings. The van der Waals surface area contributed by atoms with Crippen molar-refractivity contribution in [3.05, 3.63) is 83.7 Å². The Labute approximate surface area is 229 Å². The molecule has 1 aliphatic carbocycles. The Kier molecular flexibility index (Phi) is 6.79. The normalized spacial score (nSPS) is 17.0. The average molecular weight is 523 g/mol. The molecule has 39 heavy (non-hydrogen) atoms. The monoisotopic (exact) mass is 522 g/mol. The average Bonchev–Trinajstić information content (AvgIpc) is 3.42. The van der Waals surface area contributed by atoms with Gasteiger partial charge in [-0.2, -0.15) is 4.98 Å². The molecule has 1 N–H and O–H groups in total. The van der Waals surface area contributed by atoms with Crippen molar-refractivity contribution in [3.8, 4) is 0 Å². The molecule has 6 rings (SSSR count). The first-order valence-corrected chi connectivity index (χ1v) is 13.7. The number of hydrogen-bond donors (Lipinski definition) is 1. The molecule has 2 aromatic carbocycles. The Balaban J connectivity index is 1.30. The molecule has 0 amide bonds. The summed E-state index contributed by atoms with van der Waals surface area (Å²) in [6.07, 6.45) is 6.86. The van der Waals surface area contributed by atoms with Crippen LogP contribution in [0.25, 0.3) is 5.57 Å². The molecule has 3 heterocycles. The molecule has 2 aliphatic heterocycles. The van der Waals surface area contributed by atoms with E-state index in [-0.39, 0.29) is 0 Å². The molecule has 200 valence electrons. The topological polar surface area (TPSA) is 73.8 Å². The maximum Gasteiger partial charge on any atom is 0.340 e. The second kappa shape index (κ2) is 10.5. The number of ether oxygens (including phenoxy) is 1. The van der Waals surface area contributed by atoms with Crippen LogP contribution in [0.5, 0.6) is 0 Å². The lowest BCUT2D eigenvalue weighted by atomic mass is 9.97. The fourth-order valence-electron chi connectivity index (χ4n) is 5.48. The van der Waals surface area contributed by atoms with Gasteiger partial charge in [-0.1, -0.05) is 12.6 Å². The number of likely N-dealkylation sites (N-methyl/N-ethyl adjacent to an activating group) is 1. The third-order valence-corrected chi connectivity index (χ3v) is 7.75. The number of nitrogens with zero attached hydrogens (tertiary/aromatic N) is 5. The molecule has 0 unspecified atom stereocenters. The van der Waals surface area contributed by atoms with Crippen LogP contribution < -0.4 is 15.1 Å². The molecule has 0 bridgehead atoms. The molecule has 1 saturated heterocycles. The van der Waals surface area contributed by atoms with Crippen LogP contribution in [-0.4, -0.2) is 60.7 Å². The van der Waals surface area contributed by atoms with Gasteiger partial charge in [0, 0.05) is 61.2 Å². The molecule has 8 heteroatoms. The second-order valence-electron chi connectivity index (χ2n) is 10.3. The highest BCUT2D eigenvalue weighted by molar-refractivity contribution is 6.09. The van der Waals surface area contributed by atoms with E-state index in [1.165, 1.54) is 23.2 Å². The quantitative estimate of drug-likeness (QED) is 0.450. The van der Waals surface area contributed by atoms with Gasteiger partial charge < -0.3 is 24.8 Å². The third-order valence-electron chi connectivity index (χ3n) is 7.75. The Bertz CT molecular complexity index is 1440. The largest absolute Gasteiger partial charge is 0.462 e. The summed E-state index contributed by atoms with van der Waals surface area (Å²) in [5.74, 6) is 0.757. The minimum Gasteiger partial charge on any atom is -0.462 e. The number of benzene rings is 2. The lowest BCUT2D eigenvalue weighted by Crippen LogP contribution is -2.44. The summed E-state index contributed by atoms with van der Waals surface area (Å²) in [7, 11) is 2.16. The van der Waals surface area contributed by atoms with Gasteiger partial charge in [-0.25, -0.2) is 9.78 Å². The second-order valence-corrected chi connectivity index (χ2v) is 10.3. The predicted molar refractivity (Wildman–Crippen MR) is 156 cm³/mol. The Morgan fingerprint density at radius 3 is 2.54 bits per heavy atom. The summed E-state index contributed by atoms with van der Waals surface area (Å²) in [5, 5.41) is 3.36. The number of aryl methyl sites for hydroxylation is 2. The number of nitrogens with one attached hydrogen (secondary N) is 1. The van der Waals surface area contributed by atoms with E-state index in [9.17, 15) is 4.79 Å². The zero-order valence-corrected chi connectivity index (χ0v) is 22.6. The standard InChI is InChI=1S/C31H34N6O2/c1-4-39-30(38)28-20-37(26-11-8-22-6-5-7-23(22)18-26)29-27(21(28)2)19-32-31(34-29)33-24-9-12-25(13-10-24)36-16-14-35(3)15-17-36/h8-13,18-20H,2,4-7,14-17H2,1,3H3,(H,32,33,34).